The number of imide groups is 1. The molecule has 0 bridgehead atoms. The van der Waals surface area contributed by atoms with Crippen molar-refractivity contribution in [3.8, 4) is 5.88 Å². The fraction of sp³-hybridized carbons (Fsp3) is 0.391. The molecule has 0 N–H and O–H groups in total. The number of sulfonamides is 1. The molecule has 0 unspecified atom stereocenters. The van der Waals surface area contributed by atoms with Crippen LogP contribution in [0.3, 0.4) is 0 Å². The maximum Gasteiger partial charge on any atom is 0.417 e. The highest BCUT2D eigenvalue weighted by atomic mass is 35.5. The van der Waals surface area contributed by atoms with Gasteiger partial charge in [0.25, 0.3) is 15.9 Å². The molecule has 2 aliphatic heterocycles. The zero-order valence-corrected chi connectivity index (χ0v) is 21.3. The van der Waals surface area contributed by atoms with Crippen LogP contribution in [0.15, 0.2) is 41.4 Å². The highest BCUT2D eigenvalue weighted by Gasteiger charge is 2.40. The fourth-order valence-corrected chi connectivity index (χ4v) is 5.50. The molecule has 0 saturated carbocycles. The van der Waals surface area contributed by atoms with Crippen molar-refractivity contribution in [3.63, 3.8) is 0 Å². The summed E-state index contributed by atoms with van der Waals surface area (Å²) in [4.78, 5) is 41.3. The van der Waals surface area contributed by atoms with Crippen LogP contribution in [-0.4, -0.2) is 67.7 Å². The first kappa shape index (κ1) is 25.7. The van der Waals surface area contributed by atoms with Gasteiger partial charge in [-0.2, -0.15) is 0 Å². The number of amides is 2. The van der Waals surface area contributed by atoms with E-state index in [1.54, 1.807) is 26.8 Å². The Morgan fingerprint density at radius 3 is 2.64 bits per heavy atom. The molecule has 2 aromatic rings. The van der Waals surface area contributed by atoms with Gasteiger partial charge in [0.15, 0.2) is 6.61 Å². The van der Waals surface area contributed by atoms with E-state index in [0.29, 0.717) is 5.56 Å². The lowest BCUT2D eigenvalue weighted by Crippen LogP contribution is -2.49. The van der Waals surface area contributed by atoms with Gasteiger partial charge in [-0.25, -0.2) is 23.1 Å². The molecule has 3 heterocycles. The van der Waals surface area contributed by atoms with Crippen molar-refractivity contribution < 1.29 is 37.0 Å². The summed E-state index contributed by atoms with van der Waals surface area (Å²) in [7, 11) is -4.17. The average Bonchev–Trinajstić information content (AvgIpc) is 3.09. The summed E-state index contributed by atoms with van der Waals surface area (Å²) in [6.07, 6.45) is -0.519. The molecule has 0 aliphatic carbocycles. The van der Waals surface area contributed by atoms with Crippen molar-refractivity contribution in [2.45, 2.75) is 43.8 Å². The second kappa shape index (κ2) is 9.58. The first-order valence-electron chi connectivity index (χ1n) is 11.0. The Balaban J connectivity index is 1.70. The summed E-state index contributed by atoms with van der Waals surface area (Å²) in [6.45, 7) is 4.36. The van der Waals surface area contributed by atoms with Crippen molar-refractivity contribution in [1.29, 1.82) is 0 Å². The number of ether oxygens (including phenoxy) is 3. The van der Waals surface area contributed by atoms with Gasteiger partial charge >= 0.3 is 12.1 Å². The molecule has 0 radical (unpaired) electrons. The zero-order valence-electron chi connectivity index (χ0n) is 19.8. The van der Waals surface area contributed by atoms with Crippen LogP contribution in [0.25, 0.3) is 0 Å². The summed E-state index contributed by atoms with van der Waals surface area (Å²) < 4.78 is 44.3. The molecule has 4 rings (SSSR count). The van der Waals surface area contributed by atoms with Gasteiger partial charge in [0.1, 0.15) is 17.4 Å². The van der Waals surface area contributed by atoms with Crippen molar-refractivity contribution in [2.24, 2.45) is 0 Å². The van der Waals surface area contributed by atoms with E-state index >= 15 is 0 Å². The molecule has 11 nitrogen and oxygen atoms in total. The Bertz CT molecular complexity index is 1310. The molecule has 1 fully saturated rings. The molecular formula is C23H24ClN3O8S. The van der Waals surface area contributed by atoms with Crippen LogP contribution in [0.1, 0.15) is 26.3 Å². The number of fused-ring (bicyclic) bond motifs is 1. The lowest BCUT2D eigenvalue weighted by Gasteiger charge is -2.35. The van der Waals surface area contributed by atoms with Gasteiger partial charge in [0, 0.05) is 11.2 Å². The molecule has 0 spiro atoms. The van der Waals surface area contributed by atoms with Gasteiger partial charge in [-0.1, -0.05) is 17.7 Å². The number of pyridine rings is 1. The first-order chi connectivity index (χ1) is 16.8. The van der Waals surface area contributed by atoms with Crippen molar-refractivity contribution in [1.82, 2.24) is 9.88 Å². The predicted molar refractivity (Wildman–Crippen MR) is 127 cm³/mol. The van der Waals surface area contributed by atoms with Gasteiger partial charge in [-0.15, -0.1) is 0 Å². The van der Waals surface area contributed by atoms with Gasteiger partial charge in [-0.05, 0) is 50.6 Å². The number of cyclic esters (lactones) is 1. The molecule has 36 heavy (non-hydrogen) atoms. The van der Waals surface area contributed by atoms with Crippen LogP contribution in [-0.2, 0) is 35.5 Å². The minimum atomic E-state index is -4.17. The monoisotopic (exact) mass is 537 g/mol. The molecule has 1 saturated heterocycles. The van der Waals surface area contributed by atoms with E-state index in [1.807, 2.05) is 0 Å². The van der Waals surface area contributed by atoms with E-state index in [-0.39, 0.29) is 47.6 Å². The number of aromatic nitrogens is 1. The largest absolute Gasteiger partial charge is 0.469 e. The van der Waals surface area contributed by atoms with Crippen LogP contribution in [0.4, 0.5) is 10.5 Å². The van der Waals surface area contributed by atoms with E-state index in [0.717, 1.165) is 9.21 Å². The predicted octanol–water partition coefficient (Wildman–Crippen LogP) is 2.55. The second-order valence-corrected chi connectivity index (χ2v) is 11.5. The minimum absolute atomic E-state index is 0.0372. The first-order valence-corrected chi connectivity index (χ1v) is 12.8. The van der Waals surface area contributed by atoms with Crippen molar-refractivity contribution >= 4 is 45.3 Å². The number of hydrogen-bond acceptors (Lipinski definition) is 9. The number of hydrogen-bond donors (Lipinski definition) is 0. The third-order valence-electron chi connectivity index (χ3n) is 5.18. The SMILES string of the molecule is CC(C)(C)OC(=O)Cc1cnc2c(c1)N(S(=O)(=O)c1cccc(Cl)c1)C[C@H](CN1C(=O)COC1=O)O2. The maximum absolute atomic E-state index is 13.7. The molecule has 13 heteroatoms. The normalized spacial score (nSPS) is 17.9. The Labute approximate surface area is 212 Å². The number of esters is 1. The quantitative estimate of drug-likeness (QED) is 0.510. The fourth-order valence-electron chi connectivity index (χ4n) is 3.71. The summed E-state index contributed by atoms with van der Waals surface area (Å²) >= 11 is 6.03. The zero-order chi connectivity index (χ0) is 26.3. The topological polar surface area (TPSA) is 132 Å². The number of carbonyl (C=O) groups is 3. The highest BCUT2D eigenvalue weighted by molar-refractivity contribution is 7.92. The Morgan fingerprint density at radius 1 is 1.25 bits per heavy atom. The average molecular weight is 538 g/mol. The number of nitrogens with zero attached hydrogens (tertiary/aromatic N) is 3. The number of carbonyl (C=O) groups excluding carboxylic acids is 3. The van der Waals surface area contributed by atoms with E-state index in [4.69, 9.17) is 25.8 Å². The molecule has 2 aliphatic rings. The van der Waals surface area contributed by atoms with Crippen LogP contribution >= 0.6 is 11.6 Å². The summed E-state index contributed by atoms with van der Waals surface area (Å²) in [5.41, 5.74) is -0.178. The van der Waals surface area contributed by atoms with Crippen LogP contribution in [0.5, 0.6) is 5.88 Å². The van der Waals surface area contributed by atoms with E-state index in [2.05, 4.69) is 4.98 Å². The Morgan fingerprint density at radius 2 is 2.00 bits per heavy atom. The molecular weight excluding hydrogens is 514 g/mol. The second-order valence-electron chi connectivity index (χ2n) is 9.22. The lowest BCUT2D eigenvalue weighted by molar-refractivity contribution is -0.153. The summed E-state index contributed by atoms with van der Waals surface area (Å²) in [5, 5.41) is 0.225. The third kappa shape index (κ3) is 5.54. The van der Waals surface area contributed by atoms with Gasteiger partial charge in [-0.3, -0.25) is 13.9 Å². The lowest BCUT2D eigenvalue weighted by atomic mass is 10.1. The van der Waals surface area contributed by atoms with Crippen molar-refractivity contribution in [2.75, 3.05) is 24.0 Å². The van der Waals surface area contributed by atoms with E-state index in [1.165, 1.54) is 30.5 Å². The minimum Gasteiger partial charge on any atom is -0.469 e. The number of anilines is 1. The van der Waals surface area contributed by atoms with Crippen LogP contribution in [0, 0.1) is 0 Å². The van der Waals surface area contributed by atoms with Gasteiger partial charge in [0.05, 0.1) is 24.4 Å². The third-order valence-corrected chi connectivity index (χ3v) is 7.20. The molecule has 192 valence electrons. The Hall–Kier alpha value is -3.38. The Kier molecular flexibility index (Phi) is 6.84. The van der Waals surface area contributed by atoms with Crippen LogP contribution < -0.4 is 9.04 Å². The number of halogens is 1. The highest BCUT2D eigenvalue weighted by Crippen LogP contribution is 2.37. The molecule has 2 amide bonds. The molecule has 1 aromatic carbocycles. The van der Waals surface area contributed by atoms with Gasteiger partial charge in [0.2, 0.25) is 5.88 Å². The van der Waals surface area contributed by atoms with Gasteiger partial charge < -0.3 is 14.2 Å². The molecule has 1 aromatic heterocycles. The number of benzene rings is 1. The van der Waals surface area contributed by atoms with E-state index in [9.17, 15) is 22.8 Å². The van der Waals surface area contributed by atoms with E-state index < -0.39 is 39.7 Å². The smallest absolute Gasteiger partial charge is 0.417 e. The standard InChI is InChI=1S/C23H24ClN3O8S/c1-23(2,3)35-20(29)8-14-7-18-21(25-10-14)34-16(11-26-19(28)13-33-22(26)30)12-27(18)36(31,32)17-6-4-5-15(24)9-17/h4-7,9-10,16H,8,11-13H2,1-3H3/t16-/m0/s1. The van der Waals surface area contributed by atoms with Crippen LogP contribution in [0.2, 0.25) is 5.02 Å². The summed E-state index contributed by atoms with van der Waals surface area (Å²) in [6, 6.07) is 7.23. The molecule has 1 atom stereocenters. The van der Waals surface area contributed by atoms with Crippen molar-refractivity contribution in [3.05, 3.63) is 47.1 Å². The maximum atomic E-state index is 13.7. The summed E-state index contributed by atoms with van der Waals surface area (Å²) in [5.74, 6) is -1.10. The number of rotatable bonds is 6.